The molecule has 5 rings (SSSR count). The Bertz CT molecular complexity index is 1460. The van der Waals surface area contributed by atoms with Gasteiger partial charge in [0.15, 0.2) is 0 Å². The lowest BCUT2D eigenvalue weighted by Crippen LogP contribution is -2.56. The van der Waals surface area contributed by atoms with E-state index in [9.17, 15) is 9.59 Å². The highest BCUT2D eigenvalue weighted by Gasteiger charge is 2.45. The first-order valence-corrected chi connectivity index (χ1v) is 14.7. The molecule has 9 nitrogen and oxygen atoms in total. The zero-order chi connectivity index (χ0) is 29.8. The third-order valence-corrected chi connectivity index (χ3v) is 7.87. The van der Waals surface area contributed by atoms with Crippen LogP contribution in [0.5, 0.6) is 11.5 Å². The summed E-state index contributed by atoms with van der Waals surface area (Å²) < 4.78 is 11.8. The van der Waals surface area contributed by atoms with Crippen molar-refractivity contribution in [2.45, 2.75) is 25.9 Å². The number of ether oxygens (including phenoxy) is 2. The summed E-state index contributed by atoms with van der Waals surface area (Å²) in [5.41, 5.74) is 7.93. The summed E-state index contributed by atoms with van der Waals surface area (Å²) >= 11 is 12.5. The van der Waals surface area contributed by atoms with Crippen molar-refractivity contribution in [3.05, 3.63) is 93.5 Å². The van der Waals surface area contributed by atoms with Gasteiger partial charge in [0.25, 0.3) is 0 Å². The first kappa shape index (κ1) is 29.5. The Morgan fingerprint density at radius 1 is 0.833 bits per heavy atom. The standard InChI is InChI=1S/C31H33Cl2N5O4/c1-3-41-24-13-14-25(26(19-24)42-4-2)29-35-27(20-5-9-22(32)10-6-20)28(21-7-11-23(33)12-8-21)38(29)31(40)37-17-15-36(16-18-37)30(34)39/h5-14,19,27-28H,3-4,15-18H2,1-2H3,(H2,34,39)/t27-,28+/m1/s1. The largest absolute Gasteiger partial charge is 0.494 e. The molecule has 0 unspecified atom stereocenters. The maximum Gasteiger partial charge on any atom is 0.326 e. The number of benzene rings is 3. The summed E-state index contributed by atoms with van der Waals surface area (Å²) in [6, 6.07) is 18.8. The van der Waals surface area contributed by atoms with Crippen LogP contribution >= 0.6 is 23.2 Å². The van der Waals surface area contributed by atoms with Crippen molar-refractivity contribution in [1.82, 2.24) is 14.7 Å². The number of nitrogens with two attached hydrogens (primary N) is 1. The van der Waals surface area contributed by atoms with Gasteiger partial charge in [-0.05, 0) is 61.4 Å². The van der Waals surface area contributed by atoms with Gasteiger partial charge < -0.3 is 25.0 Å². The number of carbonyl (C=O) groups is 2. The molecule has 0 saturated carbocycles. The Labute approximate surface area is 255 Å². The molecule has 4 amide bonds. The van der Waals surface area contributed by atoms with Crippen LogP contribution in [0.3, 0.4) is 0 Å². The third kappa shape index (κ3) is 6.12. The van der Waals surface area contributed by atoms with E-state index in [0.717, 1.165) is 11.1 Å². The summed E-state index contributed by atoms with van der Waals surface area (Å²) in [7, 11) is 0. The number of halogens is 2. The number of carbonyl (C=O) groups excluding carboxylic acids is 2. The second-order valence-corrected chi connectivity index (χ2v) is 10.8. The number of amides is 4. The van der Waals surface area contributed by atoms with Gasteiger partial charge in [0, 0.05) is 42.3 Å². The number of nitrogens with zero attached hydrogens (tertiary/aromatic N) is 4. The van der Waals surface area contributed by atoms with Crippen LogP contribution in [0.15, 0.2) is 71.7 Å². The average molecular weight is 611 g/mol. The molecule has 3 aromatic carbocycles. The van der Waals surface area contributed by atoms with Crippen LogP contribution in [0.1, 0.15) is 42.6 Å². The van der Waals surface area contributed by atoms with Crippen LogP contribution in [0.2, 0.25) is 10.0 Å². The van der Waals surface area contributed by atoms with E-state index in [2.05, 4.69) is 0 Å². The molecule has 2 aliphatic heterocycles. The van der Waals surface area contributed by atoms with Crippen LogP contribution < -0.4 is 15.2 Å². The summed E-state index contributed by atoms with van der Waals surface area (Å²) in [4.78, 5) is 36.5. The molecule has 0 aliphatic carbocycles. The summed E-state index contributed by atoms with van der Waals surface area (Å²) in [6.45, 7) is 6.12. The number of primary amides is 1. The van der Waals surface area contributed by atoms with E-state index in [0.29, 0.717) is 72.3 Å². The first-order chi connectivity index (χ1) is 20.3. The molecular weight excluding hydrogens is 577 g/mol. The minimum atomic E-state index is -0.499. The number of hydrogen-bond donors (Lipinski definition) is 1. The van der Waals surface area contributed by atoms with E-state index in [4.69, 9.17) is 43.4 Å². The van der Waals surface area contributed by atoms with Gasteiger partial charge in [-0.15, -0.1) is 0 Å². The normalized spacial score (nSPS) is 18.6. The molecule has 2 N–H and O–H groups in total. The topological polar surface area (TPSA) is 101 Å². The highest BCUT2D eigenvalue weighted by Crippen LogP contribution is 2.45. The Morgan fingerprint density at radius 3 is 1.98 bits per heavy atom. The van der Waals surface area contributed by atoms with Crippen LogP contribution in [0, 0.1) is 0 Å². The molecule has 220 valence electrons. The van der Waals surface area contributed by atoms with Crippen molar-refractivity contribution < 1.29 is 19.1 Å². The smallest absolute Gasteiger partial charge is 0.326 e. The summed E-state index contributed by atoms with van der Waals surface area (Å²) in [5.74, 6) is 1.70. The van der Waals surface area contributed by atoms with Crippen LogP contribution in [0.25, 0.3) is 0 Å². The van der Waals surface area contributed by atoms with Gasteiger partial charge >= 0.3 is 12.1 Å². The molecule has 1 fully saturated rings. The molecule has 2 heterocycles. The number of urea groups is 2. The molecule has 3 aromatic rings. The Balaban J connectivity index is 1.65. The third-order valence-electron chi connectivity index (χ3n) is 7.36. The first-order valence-electron chi connectivity index (χ1n) is 13.9. The molecule has 0 bridgehead atoms. The van der Waals surface area contributed by atoms with Crippen molar-refractivity contribution in [3.8, 4) is 11.5 Å². The van der Waals surface area contributed by atoms with Crippen molar-refractivity contribution in [2.75, 3.05) is 39.4 Å². The fourth-order valence-corrected chi connectivity index (χ4v) is 5.60. The van der Waals surface area contributed by atoms with E-state index in [1.54, 1.807) is 9.80 Å². The monoisotopic (exact) mass is 609 g/mol. The number of hydrogen-bond acceptors (Lipinski definition) is 5. The number of aliphatic imine (C=N–C) groups is 1. The minimum Gasteiger partial charge on any atom is -0.494 e. The molecule has 2 atom stereocenters. The molecular formula is C31H33Cl2N5O4. The Kier molecular flexibility index (Phi) is 9.09. The summed E-state index contributed by atoms with van der Waals surface area (Å²) in [6.07, 6.45) is 0. The SMILES string of the molecule is CCOc1ccc(C2=N[C@H](c3ccc(Cl)cc3)[C@H](c3ccc(Cl)cc3)N2C(=O)N2CCN(C(N)=O)CC2)c(OCC)c1. The number of piperazine rings is 1. The van der Waals surface area contributed by atoms with Gasteiger partial charge in [-0.1, -0.05) is 47.5 Å². The zero-order valence-electron chi connectivity index (χ0n) is 23.5. The molecule has 1 saturated heterocycles. The van der Waals surface area contributed by atoms with Crippen LogP contribution in [-0.2, 0) is 0 Å². The van der Waals surface area contributed by atoms with E-state index in [1.165, 1.54) is 4.90 Å². The van der Waals surface area contributed by atoms with Crippen molar-refractivity contribution in [1.29, 1.82) is 0 Å². The average Bonchev–Trinajstić information content (AvgIpc) is 3.38. The van der Waals surface area contributed by atoms with E-state index >= 15 is 0 Å². The fourth-order valence-electron chi connectivity index (χ4n) is 5.34. The van der Waals surface area contributed by atoms with Gasteiger partial charge in [-0.2, -0.15) is 0 Å². The predicted octanol–water partition coefficient (Wildman–Crippen LogP) is 6.15. The van der Waals surface area contributed by atoms with Gasteiger partial charge in [-0.25, -0.2) is 9.59 Å². The Hall–Kier alpha value is -3.95. The van der Waals surface area contributed by atoms with E-state index in [-0.39, 0.29) is 6.03 Å². The lowest BCUT2D eigenvalue weighted by atomic mass is 9.93. The number of amidine groups is 1. The van der Waals surface area contributed by atoms with Crippen LogP contribution in [-0.4, -0.2) is 72.0 Å². The van der Waals surface area contributed by atoms with Crippen molar-refractivity contribution >= 4 is 41.1 Å². The predicted molar refractivity (Wildman–Crippen MR) is 164 cm³/mol. The molecule has 2 aliphatic rings. The maximum atomic E-state index is 14.5. The lowest BCUT2D eigenvalue weighted by Gasteiger charge is -2.38. The molecule has 0 radical (unpaired) electrons. The van der Waals surface area contributed by atoms with Crippen LogP contribution in [0.4, 0.5) is 9.59 Å². The highest BCUT2D eigenvalue weighted by atomic mass is 35.5. The Morgan fingerprint density at radius 2 is 1.40 bits per heavy atom. The van der Waals surface area contributed by atoms with Crippen molar-refractivity contribution in [2.24, 2.45) is 10.7 Å². The minimum absolute atomic E-state index is 0.231. The van der Waals surface area contributed by atoms with E-state index in [1.807, 2.05) is 80.6 Å². The van der Waals surface area contributed by atoms with E-state index < -0.39 is 18.1 Å². The maximum absolute atomic E-state index is 14.5. The highest BCUT2D eigenvalue weighted by molar-refractivity contribution is 6.30. The van der Waals surface area contributed by atoms with Gasteiger partial charge in [0.05, 0.1) is 24.8 Å². The fraction of sp³-hybridized carbons (Fsp3) is 0.323. The van der Waals surface area contributed by atoms with Gasteiger partial charge in [0.2, 0.25) is 0 Å². The van der Waals surface area contributed by atoms with Crippen molar-refractivity contribution in [3.63, 3.8) is 0 Å². The quantitative estimate of drug-likeness (QED) is 0.347. The van der Waals surface area contributed by atoms with Gasteiger partial charge in [-0.3, -0.25) is 9.89 Å². The molecule has 0 aromatic heterocycles. The number of rotatable bonds is 7. The molecule has 0 spiro atoms. The lowest BCUT2D eigenvalue weighted by molar-refractivity contribution is 0.128. The second kappa shape index (κ2) is 12.9. The zero-order valence-corrected chi connectivity index (χ0v) is 25.0. The molecule has 11 heteroatoms. The summed E-state index contributed by atoms with van der Waals surface area (Å²) in [5, 5.41) is 1.20. The van der Waals surface area contributed by atoms with Gasteiger partial charge in [0.1, 0.15) is 23.4 Å². The second-order valence-electron chi connectivity index (χ2n) is 9.93. The molecule has 42 heavy (non-hydrogen) atoms.